The topological polar surface area (TPSA) is 32.8 Å². The standard InChI is InChI=1S/C17H28N2O2.ClH/c1-5-19(6-2)13-12-17(20)18(4)15(3)14-21-16-10-8-7-9-11-16;/h7-11,15H,5-6,12-14H2,1-4H3;1H. The minimum atomic E-state index is 0. The molecule has 0 aliphatic rings. The van der Waals surface area contributed by atoms with Crippen LogP contribution in [0.1, 0.15) is 27.2 Å². The number of ether oxygens (including phenoxy) is 1. The lowest BCUT2D eigenvalue weighted by Crippen LogP contribution is -2.40. The van der Waals surface area contributed by atoms with Crippen LogP contribution in [0.3, 0.4) is 0 Å². The SMILES string of the molecule is CCN(CC)CCC(=O)N(C)C(C)COc1ccccc1.Cl. The number of hydrogen-bond donors (Lipinski definition) is 0. The van der Waals surface area contributed by atoms with Crippen molar-refractivity contribution in [3.05, 3.63) is 30.3 Å². The van der Waals surface area contributed by atoms with Gasteiger partial charge in [-0.3, -0.25) is 4.79 Å². The second kappa shape index (κ2) is 11.3. The summed E-state index contributed by atoms with van der Waals surface area (Å²) < 4.78 is 5.70. The van der Waals surface area contributed by atoms with Gasteiger partial charge < -0.3 is 14.5 Å². The summed E-state index contributed by atoms with van der Waals surface area (Å²) in [7, 11) is 1.85. The van der Waals surface area contributed by atoms with Crippen LogP contribution in [0.15, 0.2) is 30.3 Å². The van der Waals surface area contributed by atoms with Gasteiger partial charge in [0.25, 0.3) is 0 Å². The van der Waals surface area contributed by atoms with Crippen LogP contribution < -0.4 is 4.74 Å². The monoisotopic (exact) mass is 328 g/mol. The minimum Gasteiger partial charge on any atom is -0.491 e. The third-order valence-electron chi connectivity index (χ3n) is 3.83. The molecule has 1 amide bonds. The molecular formula is C17H29ClN2O2. The van der Waals surface area contributed by atoms with Crippen molar-refractivity contribution in [2.75, 3.05) is 33.3 Å². The molecule has 4 nitrogen and oxygen atoms in total. The summed E-state index contributed by atoms with van der Waals surface area (Å²) in [5, 5.41) is 0. The van der Waals surface area contributed by atoms with E-state index in [4.69, 9.17) is 4.74 Å². The molecule has 126 valence electrons. The molecular weight excluding hydrogens is 300 g/mol. The molecule has 1 atom stereocenters. The fourth-order valence-corrected chi connectivity index (χ4v) is 2.06. The average Bonchev–Trinajstić information content (AvgIpc) is 2.53. The number of para-hydroxylation sites is 1. The average molecular weight is 329 g/mol. The van der Waals surface area contributed by atoms with Crippen LogP contribution in [-0.4, -0.2) is 55.0 Å². The summed E-state index contributed by atoms with van der Waals surface area (Å²) >= 11 is 0. The summed E-state index contributed by atoms with van der Waals surface area (Å²) in [4.78, 5) is 16.2. The van der Waals surface area contributed by atoms with E-state index in [-0.39, 0.29) is 24.4 Å². The van der Waals surface area contributed by atoms with Crippen molar-refractivity contribution >= 4 is 18.3 Å². The third-order valence-corrected chi connectivity index (χ3v) is 3.83. The molecule has 0 heterocycles. The summed E-state index contributed by atoms with van der Waals surface area (Å²) in [6.45, 7) is 9.56. The van der Waals surface area contributed by atoms with E-state index in [0.29, 0.717) is 13.0 Å². The van der Waals surface area contributed by atoms with Gasteiger partial charge in [0, 0.05) is 20.0 Å². The molecule has 1 unspecified atom stereocenters. The Hall–Kier alpha value is -1.26. The second-order valence-corrected chi connectivity index (χ2v) is 5.25. The maximum Gasteiger partial charge on any atom is 0.223 e. The molecule has 0 N–H and O–H groups in total. The highest BCUT2D eigenvalue weighted by Crippen LogP contribution is 2.10. The highest BCUT2D eigenvalue weighted by molar-refractivity contribution is 5.85. The highest BCUT2D eigenvalue weighted by atomic mass is 35.5. The predicted molar refractivity (Wildman–Crippen MR) is 93.8 cm³/mol. The lowest BCUT2D eigenvalue weighted by molar-refractivity contribution is -0.132. The van der Waals surface area contributed by atoms with Crippen molar-refractivity contribution in [3.8, 4) is 5.75 Å². The van der Waals surface area contributed by atoms with Crippen molar-refractivity contribution in [1.82, 2.24) is 9.80 Å². The number of likely N-dealkylation sites (N-methyl/N-ethyl adjacent to an activating group) is 1. The number of nitrogens with zero attached hydrogens (tertiary/aromatic N) is 2. The van der Waals surface area contributed by atoms with E-state index >= 15 is 0 Å². The van der Waals surface area contributed by atoms with E-state index < -0.39 is 0 Å². The third kappa shape index (κ3) is 7.14. The first-order valence-corrected chi connectivity index (χ1v) is 7.74. The second-order valence-electron chi connectivity index (χ2n) is 5.25. The molecule has 0 radical (unpaired) electrons. The van der Waals surface area contributed by atoms with Crippen molar-refractivity contribution < 1.29 is 9.53 Å². The van der Waals surface area contributed by atoms with Gasteiger partial charge in [-0.25, -0.2) is 0 Å². The molecule has 0 bridgehead atoms. The van der Waals surface area contributed by atoms with Gasteiger partial charge in [-0.05, 0) is 32.1 Å². The molecule has 22 heavy (non-hydrogen) atoms. The Bertz CT molecular complexity index is 410. The number of benzene rings is 1. The number of carbonyl (C=O) groups excluding carboxylic acids is 1. The number of halogens is 1. The van der Waals surface area contributed by atoms with Gasteiger partial charge in [0.05, 0.1) is 6.04 Å². The number of rotatable bonds is 9. The fraction of sp³-hybridized carbons (Fsp3) is 0.588. The van der Waals surface area contributed by atoms with Gasteiger partial charge in [0.2, 0.25) is 5.91 Å². The number of carbonyl (C=O) groups is 1. The van der Waals surface area contributed by atoms with Gasteiger partial charge >= 0.3 is 0 Å². The lowest BCUT2D eigenvalue weighted by Gasteiger charge is -2.26. The summed E-state index contributed by atoms with van der Waals surface area (Å²) in [6, 6.07) is 9.76. The number of hydrogen-bond acceptors (Lipinski definition) is 3. The maximum atomic E-state index is 12.2. The molecule has 0 aliphatic heterocycles. The van der Waals surface area contributed by atoms with Crippen molar-refractivity contribution in [1.29, 1.82) is 0 Å². The van der Waals surface area contributed by atoms with E-state index in [0.717, 1.165) is 25.4 Å². The summed E-state index contributed by atoms with van der Waals surface area (Å²) in [6.07, 6.45) is 0.563. The fourth-order valence-electron chi connectivity index (χ4n) is 2.06. The normalized spacial score (nSPS) is 11.7. The van der Waals surface area contributed by atoms with Gasteiger partial charge in [-0.1, -0.05) is 32.0 Å². The van der Waals surface area contributed by atoms with Gasteiger partial charge in [0.15, 0.2) is 0 Å². The number of amides is 1. The highest BCUT2D eigenvalue weighted by Gasteiger charge is 2.16. The van der Waals surface area contributed by atoms with Crippen molar-refractivity contribution in [2.24, 2.45) is 0 Å². The molecule has 0 saturated heterocycles. The van der Waals surface area contributed by atoms with E-state index in [9.17, 15) is 4.79 Å². The minimum absolute atomic E-state index is 0. The zero-order chi connectivity index (χ0) is 15.7. The molecule has 0 spiro atoms. The van der Waals surface area contributed by atoms with Crippen LogP contribution in [0.2, 0.25) is 0 Å². The van der Waals surface area contributed by atoms with Crippen molar-refractivity contribution in [2.45, 2.75) is 33.2 Å². The molecule has 5 heteroatoms. The van der Waals surface area contributed by atoms with Crippen LogP contribution in [-0.2, 0) is 4.79 Å². The quantitative estimate of drug-likeness (QED) is 0.698. The Morgan fingerprint density at radius 3 is 2.32 bits per heavy atom. The molecule has 1 rings (SSSR count). The largest absolute Gasteiger partial charge is 0.491 e. The van der Waals surface area contributed by atoms with E-state index in [1.165, 1.54) is 0 Å². The van der Waals surface area contributed by atoms with Gasteiger partial charge in [-0.2, -0.15) is 0 Å². The van der Waals surface area contributed by atoms with Crippen LogP contribution in [0, 0.1) is 0 Å². The Balaban J connectivity index is 0.00000441. The Kier molecular flexibility index (Phi) is 10.7. The summed E-state index contributed by atoms with van der Waals surface area (Å²) in [5.74, 6) is 1.01. The smallest absolute Gasteiger partial charge is 0.223 e. The zero-order valence-electron chi connectivity index (χ0n) is 14.1. The summed E-state index contributed by atoms with van der Waals surface area (Å²) in [5.41, 5.74) is 0. The first-order valence-electron chi connectivity index (χ1n) is 7.74. The Morgan fingerprint density at radius 2 is 1.77 bits per heavy atom. The molecule has 0 aromatic heterocycles. The predicted octanol–water partition coefficient (Wildman–Crippen LogP) is 3.07. The van der Waals surface area contributed by atoms with Crippen LogP contribution >= 0.6 is 12.4 Å². The van der Waals surface area contributed by atoms with E-state index in [2.05, 4.69) is 18.7 Å². The lowest BCUT2D eigenvalue weighted by atomic mass is 10.2. The molecule has 0 aliphatic carbocycles. The van der Waals surface area contributed by atoms with E-state index in [1.807, 2.05) is 44.3 Å². The van der Waals surface area contributed by atoms with Crippen LogP contribution in [0.5, 0.6) is 5.75 Å². The molecule has 0 saturated carbocycles. The van der Waals surface area contributed by atoms with Crippen LogP contribution in [0.4, 0.5) is 0 Å². The first-order chi connectivity index (χ1) is 10.1. The maximum absolute atomic E-state index is 12.2. The van der Waals surface area contributed by atoms with Gasteiger partial charge in [-0.15, -0.1) is 12.4 Å². The molecule has 0 fully saturated rings. The first kappa shape index (κ1) is 20.7. The Morgan fingerprint density at radius 1 is 1.18 bits per heavy atom. The van der Waals surface area contributed by atoms with Gasteiger partial charge in [0.1, 0.15) is 12.4 Å². The van der Waals surface area contributed by atoms with Crippen LogP contribution in [0.25, 0.3) is 0 Å². The molecule has 1 aromatic rings. The van der Waals surface area contributed by atoms with Crippen molar-refractivity contribution in [3.63, 3.8) is 0 Å². The zero-order valence-corrected chi connectivity index (χ0v) is 14.9. The van der Waals surface area contributed by atoms with E-state index in [1.54, 1.807) is 4.90 Å². The molecule has 1 aromatic carbocycles. The Labute approximate surface area is 140 Å².